The van der Waals surface area contributed by atoms with E-state index in [4.69, 9.17) is 4.42 Å². The van der Waals surface area contributed by atoms with Crippen LogP contribution in [0.25, 0.3) is 16.7 Å². The van der Waals surface area contributed by atoms with E-state index in [-0.39, 0.29) is 23.6 Å². The third-order valence-corrected chi connectivity index (χ3v) is 4.58. The minimum Gasteiger partial charge on any atom is -0.408 e. The molecule has 0 atom stereocenters. The van der Waals surface area contributed by atoms with Crippen LogP contribution in [0.15, 0.2) is 45.7 Å². The zero-order chi connectivity index (χ0) is 23.0. The molecule has 2 amide bonds. The van der Waals surface area contributed by atoms with Gasteiger partial charge in [0.05, 0.1) is 11.7 Å². The molecule has 3 aromatic heterocycles. The Morgan fingerprint density at radius 3 is 2.66 bits per heavy atom. The lowest BCUT2D eigenvalue weighted by molar-refractivity contribution is -0.123. The van der Waals surface area contributed by atoms with E-state index in [1.54, 1.807) is 30.6 Å². The second kappa shape index (κ2) is 7.83. The molecule has 0 unspecified atom stereocenters. The molecule has 0 aliphatic rings. The standard InChI is InChI=1S/C19H15F3N6O4/c1-27-12-6-10(2-3-14(12)32-18(27)31)8-23-16(29)11-7-13(17(30)24-9-19(20,21)22)28-15(26-11)4-5-25-28/h2-7H,8-9H2,1H3,(H,23,29)(H,24,30). The van der Waals surface area contributed by atoms with Crippen molar-refractivity contribution in [1.82, 2.24) is 29.8 Å². The number of carbonyl (C=O) groups excluding carboxylic acids is 2. The molecule has 13 heteroatoms. The molecule has 1 aromatic carbocycles. The number of rotatable bonds is 5. The predicted molar refractivity (Wildman–Crippen MR) is 104 cm³/mol. The summed E-state index contributed by atoms with van der Waals surface area (Å²) in [5.41, 5.74) is 1.27. The molecule has 0 bridgehead atoms. The number of nitrogens with zero attached hydrogens (tertiary/aromatic N) is 4. The fraction of sp³-hybridized carbons (Fsp3) is 0.211. The molecule has 3 heterocycles. The number of halogens is 3. The van der Waals surface area contributed by atoms with Crippen molar-refractivity contribution in [2.24, 2.45) is 7.05 Å². The lowest BCUT2D eigenvalue weighted by Crippen LogP contribution is -2.35. The zero-order valence-electron chi connectivity index (χ0n) is 16.4. The highest BCUT2D eigenvalue weighted by atomic mass is 19.4. The Morgan fingerprint density at radius 1 is 1.12 bits per heavy atom. The summed E-state index contributed by atoms with van der Waals surface area (Å²) in [5, 5.41) is 8.23. The van der Waals surface area contributed by atoms with Crippen molar-refractivity contribution < 1.29 is 27.2 Å². The van der Waals surface area contributed by atoms with Crippen LogP contribution in [-0.4, -0.2) is 43.7 Å². The van der Waals surface area contributed by atoms with Gasteiger partial charge in [-0.05, 0) is 17.7 Å². The van der Waals surface area contributed by atoms with Crippen LogP contribution in [0.3, 0.4) is 0 Å². The Bertz CT molecular complexity index is 1400. The van der Waals surface area contributed by atoms with E-state index in [0.717, 1.165) is 10.6 Å². The molecule has 166 valence electrons. The van der Waals surface area contributed by atoms with Crippen molar-refractivity contribution in [2.75, 3.05) is 6.54 Å². The van der Waals surface area contributed by atoms with Crippen LogP contribution in [0.2, 0.25) is 0 Å². The summed E-state index contributed by atoms with van der Waals surface area (Å²) in [5.74, 6) is -2.23. The molecule has 0 spiro atoms. The summed E-state index contributed by atoms with van der Waals surface area (Å²) in [6.45, 7) is -1.46. The number of carbonyl (C=O) groups is 2. The maximum absolute atomic E-state index is 12.6. The number of nitrogens with one attached hydrogen (secondary N) is 2. The van der Waals surface area contributed by atoms with Crippen LogP contribution in [0.5, 0.6) is 0 Å². The minimum absolute atomic E-state index is 0.0653. The fourth-order valence-corrected chi connectivity index (χ4v) is 3.02. The molecule has 4 rings (SSSR count). The fourth-order valence-electron chi connectivity index (χ4n) is 3.02. The maximum atomic E-state index is 12.6. The Hall–Kier alpha value is -4.16. The number of alkyl halides is 3. The maximum Gasteiger partial charge on any atom is 0.419 e. The van der Waals surface area contributed by atoms with E-state index >= 15 is 0 Å². The molecule has 4 aromatic rings. The van der Waals surface area contributed by atoms with Gasteiger partial charge in [-0.15, -0.1) is 0 Å². The van der Waals surface area contributed by atoms with Gasteiger partial charge in [-0.3, -0.25) is 14.2 Å². The highest BCUT2D eigenvalue weighted by Crippen LogP contribution is 2.15. The molecule has 0 fully saturated rings. The summed E-state index contributed by atoms with van der Waals surface area (Å²) in [4.78, 5) is 40.6. The second-order valence-electron chi connectivity index (χ2n) is 6.84. The van der Waals surface area contributed by atoms with E-state index in [1.807, 2.05) is 0 Å². The van der Waals surface area contributed by atoms with Crippen molar-refractivity contribution >= 4 is 28.6 Å². The third kappa shape index (κ3) is 4.17. The van der Waals surface area contributed by atoms with Gasteiger partial charge in [0, 0.05) is 25.7 Å². The first-order chi connectivity index (χ1) is 15.1. The number of hydrogen-bond donors (Lipinski definition) is 2. The van der Waals surface area contributed by atoms with Crippen molar-refractivity contribution in [3.63, 3.8) is 0 Å². The van der Waals surface area contributed by atoms with Crippen molar-refractivity contribution in [3.05, 3.63) is 64.0 Å². The number of fused-ring (bicyclic) bond motifs is 2. The van der Waals surface area contributed by atoms with E-state index < -0.39 is 30.3 Å². The lowest BCUT2D eigenvalue weighted by atomic mass is 10.2. The molecule has 32 heavy (non-hydrogen) atoms. The minimum atomic E-state index is -4.59. The van der Waals surface area contributed by atoms with Gasteiger partial charge in [0.15, 0.2) is 11.2 Å². The summed E-state index contributed by atoms with van der Waals surface area (Å²) in [6, 6.07) is 7.39. The van der Waals surface area contributed by atoms with Gasteiger partial charge in [0.2, 0.25) is 0 Å². The molecule has 0 aliphatic heterocycles. The first kappa shape index (κ1) is 21.1. The molecule has 2 N–H and O–H groups in total. The average Bonchev–Trinajstić information content (AvgIpc) is 3.33. The van der Waals surface area contributed by atoms with Crippen LogP contribution >= 0.6 is 0 Å². The highest BCUT2D eigenvalue weighted by Gasteiger charge is 2.29. The van der Waals surface area contributed by atoms with Crippen molar-refractivity contribution in [1.29, 1.82) is 0 Å². The third-order valence-electron chi connectivity index (χ3n) is 4.58. The molecular formula is C19H15F3N6O4. The first-order valence-electron chi connectivity index (χ1n) is 9.19. The van der Waals surface area contributed by atoms with Gasteiger partial charge >= 0.3 is 11.9 Å². The van der Waals surface area contributed by atoms with Gasteiger partial charge in [-0.25, -0.2) is 14.3 Å². The van der Waals surface area contributed by atoms with Crippen molar-refractivity contribution in [2.45, 2.75) is 12.7 Å². The monoisotopic (exact) mass is 448 g/mol. The normalized spacial score (nSPS) is 11.8. The van der Waals surface area contributed by atoms with E-state index in [2.05, 4.69) is 15.4 Å². The number of oxazole rings is 1. The number of aromatic nitrogens is 4. The largest absolute Gasteiger partial charge is 0.419 e. The van der Waals surface area contributed by atoms with Gasteiger partial charge < -0.3 is 15.1 Å². The number of hydrogen-bond acceptors (Lipinski definition) is 6. The average molecular weight is 448 g/mol. The van der Waals surface area contributed by atoms with Crippen molar-refractivity contribution in [3.8, 4) is 0 Å². The summed E-state index contributed by atoms with van der Waals surface area (Å²) >= 11 is 0. The highest BCUT2D eigenvalue weighted by molar-refractivity contribution is 5.98. The van der Waals surface area contributed by atoms with Crippen LogP contribution < -0.4 is 16.4 Å². The summed E-state index contributed by atoms with van der Waals surface area (Å²) < 4.78 is 44.7. The van der Waals surface area contributed by atoms with Gasteiger partial charge in [0.25, 0.3) is 11.8 Å². The van der Waals surface area contributed by atoms with E-state index in [9.17, 15) is 27.6 Å². The lowest BCUT2D eigenvalue weighted by Gasteiger charge is -2.11. The number of aryl methyl sites for hydroxylation is 1. The summed E-state index contributed by atoms with van der Waals surface area (Å²) in [6.07, 6.45) is -3.29. The van der Waals surface area contributed by atoms with E-state index in [1.165, 1.54) is 16.8 Å². The molecule has 0 saturated carbocycles. The van der Waals surface area contributed by atoms with Gasteiger partial charge in [-0.2, -0.15) is 18.3 Å². The SMILES string of the molecule is Cn1c(=O)oc2ccc(CNC(=O)c3cc(C(=O)NCC(F)(F)F)n4nccc4n3)cc21. The van der Waals surface area contributed by atoms with Crippen LogP contribution in [0.1, 0.15) is 26.5 Å². The molecule has 0 aliphatic carbocycles. The Labute approximate surface area is 176 Å². The summed E-state index contributed by atoms with van der Waals surface area (Å²) in [7, 11) is 1.55. The zero-order valence-corrected chi connectivity index (χ0v) is 16.4. The quantitative estimate of drug-likeness (QED) is 0.476. The topological polar surface area (TPSA) is 124 Å². The Balaban J connectivity index is 1.55. The van der Waals surface area contributed by atoms with E-state index in [0.29, 0.717) is 16.7 Å². The second-order valence-corrected chi connectivity index (χ2v) is 6.84. The molecular weight excluding hydrogens is 433 g/mol. The van der Waals surface area contributed by atoms with Gasteiger partial charge in [-0.1, -0.05) is 6.07 Å². The van der Waals surface area contributed by atoms with Crippen LogP contribution in [0.4, 0.5) is 13.2 Å². The predicted octanol–water partition coefficient (Wildman–Crippen LogP) is 1.40. The number of benzene rings is 1. The molecule has 10 nitrogen and oxygen atoms in total. The molecule has 0 radical (unpaired) electrons. The van der Waals surface area contributed by atoms with Crippen LogP contribution in [-0.2, 0) is 13.6 Å². The van der Waals surface area contributed by atoms with Gasteiger partial charge in [0.1, 0.15) is 17.9 Å². The first-order valence-corrected chi connectivity index (χ1v) is 9.19. The Morgan fingerprint density at radius 2 is 1.91 bits per heavy atom. The number of amides is 2. The van der Waals surface area contributed by atoms with Crippen LogP contribution in [0, 0.1) is 0 Å². The Kier molecular flexibility index (Phi) is 5.16. The molecule has 0 saturated heterocycles. The smallest absolute Gasteiger partial charge is 0.408 e.